The molecule has 0 bridgehead atoms. The second-order valence-electron chi connectivity index (χ2n) is 2.90. The van der Waals surface area contributed by atoms with Gasteiger partial charge in [0.25, 0.3) is 0 Å². The molecule has 6 heteroatoms. The van der Waals surface area contributed by atoms with Crippen LogP contribution < -0.4 is 4.74 Å². The van der Waals surface area contributed by atoms with Gasteiger partial charge in [0, 0.05) is 6.20 Å². The van der Waals surface area contributed by atoms with Crippen molar-refractivity contribution in [2.75, 3.05) is 0 Å². The maximum Gasteiger partial charge on any atom is 0.354 e. The summed E-state index contributed by atoms with van der Waals surface area (Å²) in [6.07, 6.45) is 2.85. The van der Waals surface area contributed by atoms with E-state index in [4.69, 9.17) is 14.3 Å². The second-order valence-corrected chi connectivity index (χ2v) is 2.90. The highest BCUT2D eigenvalue weighted by atomic mass is 16.5. The lowest BCUT2D eigenvalue weighted by Gasteiger charge is -2.01. The number of carboxylic acid groups (broad SMARTS) is 1. The maximum atomic E-state index is 10.6. The number of ether oxygens (including phenoxy) is 1. The fraction of sp³-hybridized carbons (Fsp3) is 0.100. The zero-order valence-electron chi connectivity index (χ0n) is 8.16. The average Bonchev–Trinajstić information content (AvgIpc) is 2.79. The lowest BCUT2D eigenvalue weighted by atomic mass is 10.4. The normalized spacial score (nSPS) is 10.0. The summed E-state index contributed by atoms with van der Waals surface area (Å²) in [5, 5.41) is 8.70. The summed E-state index contributed by atoms with van der Waals surface area (Å²) in [7, 11) is 0. The Balaban J connectivity index is 2.04. The molecule has 0 aliphatic rings. The lowest BCUT2D eigenvalue weighted by Crippen LogP contribution is -2.04. The highest BCUT2D eigenvalue weighted by molar-refractivity contribution is 5.85. The van der Waals surface area contributed by atoms with Crippen LogP contribution in [0.1, 0.15) is 16.2 Å². The van der Waals surface area contributed by atoms with Gasteiger partial charge in [-0.05, 0) is 18.2 Å². The second kappa shape index (κ2) is 4.43. The Labute approximate surface area is 90.5 Å². The molecule has 2 aromatic heterocycles. The average molecular weight is 220 g/mol. The first-order valence-electron chi connectivity index (χ1n) is 4.47. The van der Waals surface area contributed by atoms with E-state index in [0.717, 1.165) is 0 Å². The molecule has 2 aromatic rings. The fourth-order valence-electron chi connectivity index (χ4n) is 1.06. The van der Waals surface area contributed by atoms with Crippen molar-refractivity contribution >= 4 is 5.97 Å². The standard InChI is InChI=1S/C10H8N2O4/c13-9(14)8-3-4-11-10(12-8)16-6-7-2-1-5-15-7/h1-5H,6H2,(H,13,14). The quantitative estimate of drug-likeness (QED) is 0.836. The Kier molecular flexibility index (Phi) is 2.81. The molecule has 1 N–H and O–H groups in total. The summed E-state index contributed by atoms with van der Waals surface area (Å²) in [6.45, 7) is 0.163. The molecule has 0 aromatic carbocycles. The van der Waals surface area contributed by atoms with E-state index >= 15 is 0 Å². The number of rotatable bonds is 4. The van der Waals surface area contributed by atoms with E-state index in [1.165, 1.54) is 18.5 Å². The van der Waals surface area contributed by atoms with Crippen LogP contribution in [0.15, 0.2) is 35.1 Å². The molecule has 16 heavy (non-hydrogen) atoms. The Morgan fingerprint density at radius 1 is 1.50 bits per heavy atom. The monoisotopic (exact) mass is 220 g/mol. The number of furan rings is 1. The smallest absolute Gasteiger partial charge is 0.354 e. The third-order valence-electron chi connectivity index (χ3n) is 1.78. The van der Waals surface area contributed by atoms with Gasteiger partial charge in [-0.25, -0.2) is 9.78 Å². The molecule has 0 spiro atoms. The Morgan fingerprint density at radius 3 is 3.06 bits per heavy atom. The minimum Gasteiger partial charge on any atom is -0.477 e. The number of carboxylic acids is 1. The molecule has 0 saturated heterocycles. The van der Waals surface area contributed by atoms with E-state index < -0.39 is 5.97 Å². The van der Waals surface area contributed by atoms with Crippen molar-refractivity contribution in [2.24, 2.45) is 0 Å². The first-order valence-corrected chi connectivity index (χ1v) is 4.47. The summed E-state index contributed by atoms with van der Waals surface area (Å²) in [4.78, 5) is 18.1. The van der Waals surface area contributed by atoms with E-state index in [9.17, 15) is 4.79 Å². The van der Waals surface area contributed by atoms with Gasteiger partial charge in [-0.15, -0.1) is 0 Å². The minimum atomic E-state index is -1.12. The number of carbonyl (C=O) groups is 1. The van der Waals surface area contributed by atoms with Crippen LogP contribution in [0.5, 0.6) is 6.01 Å². The van der Waals surface area contributed by atoms with Crippen LogP contribution in [-0.4, -0.2) is 21.0 Å². The van der Waals surface area contributed by atoms with Crippen LogP contribution in [-0.2, 0) is 6.61 Å². The third kappa shape index (κ3) is 2.35. The molecular formula is C10H8N2O4. The van der Waals surface area contributed by atoms with E-state index in [-0.39, 0.29) is 18.3 Å². The number of hydrogen-bond donors (Lipinski definition) is 1. The molecule has 0 unspecified atom stereocenters. The topological polar surface area (TPSA) is 85.5 Å². The van der Waals surface area contributed by atoms with Crippen molar-refractivity contribution in [1.82, 2.24) is 9.97 Å². The minimum absolute atomic E-state index is 0.0105. The molecule has 82 valence electrons. The van der Waals surface area contributed by atoms with Crippen LogP contribution in [0, 0.1) is 0 Å². The number of nitrogens with zero attached hydrogens (tertiary/aromatic N) is 2. The van der Waals surface area contributed by atoms with Crippen LogP contribution in [0.2, 0.25) is 0 Å². The van der Waals surface area contributed by atoms with Gasteiger partial charge in [0.1, 0.15) is 12.4 Å². The van der Waals surface area contributed by atoms with Gasteiger partial charge in [0.2, 0.25) is 0 Å². The number of aromatic nitrogens is 2. The van der Waals surface area contributed by atoms with Gasteiger partial charge in [-0.1, -0.05) is 0 Å². The van der Waals surface area contributed by atoms with Gasteiger partial charge in [0.15, 0.2) is 5.69 Å². The molecular weight excluding hydrogens is 212 g/mol. The summed E-state index contributed by atoms with van der Waals surface area (Å²) in [6, 6.07) is 4.77. The van der Waals surface area contributed by atoms with Crippen molar-refractivity contribution < 1.29 is 19.1 Å². The van der Waals surface area contributed by atoms with Gasteiger partial charge in [-0.2, -0.15) is 4.98 Å². The maximum absolute atomic E-state index is 10.6. The summed E-state index contributed by atoms with van der Waals surface area (Å²) in [5.41, 5.74) is -0.107. The van der Waals surface area contributed by atoms with Crippen molar-refractivity contribution in [3.8, 4) is 6.01 Å². The molecule has 6 nitrogen and oxygen atoms in total. The first kappa shape index (κ1) is 10.2. The van der Waals surface area contributed by atoms with Crippen molar-refractivity contribution in [1.29, 1.82) is 0 Å². The molecule has 0 fully saturated rings. The predicted octanol–water partition coefficient (Wildman–Crippen LogP) is 1.35. The Morgan fingerprint density at radius 2 is 2.38 bits per heavy atom. The van der Waals surface area contributed by atoms with E-state index in [1.54, 1.807) is 12.1 Å². The largest absolute Gasteiger partial charge is 0.477 e. The number of hydrogen-bond acceptors (Lipinski definition) is 5. The summed E-state index contributed by atoms with van der Waals surface area (Å²) < 4.78 is 10.2. The summed E-state index contributed by atoms with van der Waals surface area (Å²) in [5.74, 6) is -0.505. The molecule has 0 amide bonds. The van der Waals surface area contributed by atoms with Gasteiger partial charge in [0.05, 0.1) is 6.26 Å². The summed E-state index contributed by atoms with van der Waals surface area (Å²) >= 11 is 0. The van der Waals surface area contributed by atoms with Gasteiger partial charge in [-0.3, -0.25) is 0 Å². The SMILES string of the molecule is O=C(O)c1ccnc(OCc2ccco2)n1. The lowest BCUT2D eigenvalue weighted by molar-refractivity contribution is 0.0688. The predicted molar refractivity (Wildman–Crippen MR) is 52.0 cm³/mol. The van der Waals surface area contributed by atoms with E-state index in [1.807, 2.05) is 0 Å². The van der Waals surface area contributed by atoms with Crippen LogP contribution in [0.3, 0.4) is 0 Å². The van der Waals surface area contributed by atoms with Crippen molar-refractivity contribution in [3.05, 3.63) is 42.1 Å². The Bertz CT molecular complexity index is 481. The zero-order chi connectivity index (χ0) is 11.4. The Hall–Kier alpha value is -2.37. The van der Waals surface area contributed by atoms with Gasteiger partial charge < -0.3 is 14.3 Å². The van der Waals surface area contributed by atoms with E-state index in [2.05, 4.69) is 9.97 Å². The number of aromatic carboxylic acids is 1. The van der Waals surface area contributed by atoms with Crippen LogP contribution in [0.4, 0.5) is 0 Å². The van der Waals surface area contributed by atoms with E-state index in [0.29, 0.717) is 5.76 Å². The highest BCUT2D eigenvalue weighted by Crippen LogP contribution is 2.07. The molecule has 0 radical (unpaired) electrons. The van der Waals surface area contributed by atoms with Crippen molar-refractivity contribution in [3.63, 3.8) is 0 Å². The van der Waals surface area contributed by atoms with Crippen molar-refractivity contribution in [2.45, 2.75) is 6.61 Å². The molecule has 0 aliphatic heterocycles. The molecule has 0 saturated carbocycles. The third-order valence-corrected chi connectivity index (χ3v) is 1.78. The molecule has 0 atom stereocenters. The molecule has 0 aliphatic carbocycles. The van der Waals surface area contributed by atoms with Crippen LogP contribution >= 0.6 is 0 Å². The highest BCUT2D eigenvalue weighted by Gasteiger charge is 2.07. The molecule has 2 heterocycles. The molecule has 2 rings (SSSR count). The zero-order valence-corrected chi connectivity index (χ0v) is 8.16. The fourth-order valence-corrected chi connectivity index (χ4v) is 1.06. The van der Waals surface area contributed by atoms with Gasteiger partial charge >= 0.3 is 12.0 Å². The van der Waals surface area contributed by atoms with Crippen LogP contribution in [0.25, 0.3) is 0 Å². The first-order chi connectivity index (χ1) is 7.75.